The summed E-state index contributed by atoms with van der Waals surface area (Å²) in [4.78, 5) is 11.0. The largest absolute Gasteiger partial charge is 0.508 e. The number of hydrogen-bond donors (Lipinski definition) is 3. The molecule has 3 N–H and O–H groups in total. The quantitative estimate of drug-likeness (QED) is 0.791. The Kier molecular flexibility index (Phi) is 3.42. The first-order valence-corrected chi connectivity index (χ1v) is 5.85. The van der Waals surface area contributed by atoms with E-state index in [1.54, 1.807) is 30.3 Å². The van der Waals surface area contributed by atoms with Crippen LogP contribution < -0.4 is 0 Å². The second kappa shape index (κ2) is 5.02. The number of phenolic OH excluding ortho intramolecular Hbond substituents is 2. The molecule has 0 aromatic heterocycles. The predicted octanol–water partition coefficient (Wildman–Crippen LogP) is 2.95. The van der Waals surface area contributed by atoms with Gasteiger partial charge in [0.1, 0.15) is 11.5 Å². The number of carbonyl (C=O) groups is 1. The van der Waals surface area contributed by atoms with Gasteiger partial charge in [-0.2, -0.15) is 0 Å². The topological polar surface area (TPSA) is 77.8 Å². The summed E-state index contributed by atoms with van der Waals surface area (Å²) in [6.07, 6.45) is 0. The van der Waals surface area contributed by atoms with Gasteiger partial charge < -0.3 is 15.3 Å². The molecule has 0 saturated carbocycles. The van der Waals surface area contributed by atoms with E-state index in [2.05, 4.69) is 0 Å². The maximum absolute atomic E-state index is 11.0. The number of aromatic hydroxyl groups is 2. The number of phenols is 2. The van der Waals surface area contributed by atoms with Gasteiger partial charge in [0.15, 0.2) is 0 Å². The Balaban J connectivity index is 2.51. The second-order valence-corrected chi connectivity index (χ2v) is 4.35. The number of hydrogen-bond acceptors (Lipinski definition) is 3. The molecule has 0 bridgehead atoms. The van der Waals surface area contributed by atoms with Crippen molar-refractivity contribution >= 4 is 5.97 Å². The third-order valence-electron chi connectivity index (χ3n) is 3.08. The van der Waals surface area contributed by atoms with Gasteiger partial charge in [0.25, 0.3) is 0 Å². The summed E-state index contributed by atoms with van der Waals surface area (Å²) < 4.78 is 0. The Labute approximate surface area is 110 Å². The Morgan fingerprint density at radius 2 is 1.68 bits per heavy atom. The van der Waals surface area contributed by atoms with E-state index in [0.29, 0.717) is 11.1 Å². The summed E-state index contributed by atoms with van der Waals surface area (Å²) in [5, 5.41) is 28.5. The molecule has 0 aliphatic carbocycles. The van der Waals surface area contributed by atoms with Crippen molar-refractivity contribution in [3.05, 3.63) is 48.0 Å². The fraction of sp³-hybridized carbons (Fsp3) is 0.133. The van der Waals surface area contributed by atoms with Crippen LogP contribution in [0.2, 0.25) is 0 Å². The smallest absolute Gasteiger partial charge is 0.310 e. The van der Waals surface area contributed by atoms with Gasteiger partial charge >= 0.3 is 5.97 Å². The molecular weight excluding hydrogens is 244 g/mol. The summed E-state index contributed by atoms with van der Waals surface area (Å²) in [7, 11) is 0. The lowest BCUT2D eigenvalue weighted by molar-refractivity contribution is -0.138. The van der Waals surface area contributed by atoms with E-state index in [9.17, 15) is 15.0 Å². The number of carboxylic acid groups (broad SMARTS) is 1. The van der Waals surface area contributed by atoms with E-state index in [1.165, 1.54) is 19.1 Å². The van der Waals surface area contributed by atoms with E-state index in [0.717, 1.165) is 5.56 Å². The highest BCUT2D eigenvalue weighted by Crippen LogP contribution is 2.36. The minimum absolute atomic E-state index is 0.0388. The van der Waals surface area contributed by atoms with Crippen LogP contribution >= 0.6 is 0 Å². The zero-order valence-electron chi connectivity index (χ0n) is 10.4. The number of rotatable bonds is 3. The molecule has 4 nitrogen and oxygen atoms in total. The molecule has 0 fully saturated rings. The number of carboxylic acids is 1. The number of para-hydroxylation sites is 1. The van der Waals surface area contributed by atoms with Crippen molar-refractivity contribution < 1.29 is 20.1 Å². The summed E-state index contributed by atoms with van der Waals surface area (Å²) in [5.41, 5.74) is 1.64. The fourth-order valence-corrected chi connectivity index (χ4v) is 1.92. The van der Waals surface area contributed by atoms with E-state index >= 15 is 0 Å². The average Bonchev–Trinajstić information content (AvgIpc) is 2.39. The van der Waals surface area contributed by atoms with Crippen LogP contribution in [-0.4, -0.2) is 21.3 Å². The minimum atomic E-state index is -0.988. The van der Waals surface area contributed by atoms with Crippen molar-refractivity contribution in [3.8, 4) is 22.6 Å². The molecule has 0 amide bonds. The Bertz CT molecular complexity index is 602. The molecule has 0 spiro atoms. The second-order valence-electron chi connectivity index (χ2n) is 4.35. The normalized spacial score (nSPS) is 12.1. The van der Waals surface area contributed by atoms with Crippen LogP contribution in [0, 0.1) is 0 Å². The Morgan fingerprint density at radius 3 is 2.26 bits per heavy atom. The van der Waals surface area contributed by atoms with E-state index in [1.807, 2.05) is 0 Å². The van der Waals surface area contributed by atoms with Crippen molar-refractivity contribution in [1.29, 1.82) is 0 Å². The molecule has 2 rings (SSSR count). The lowest BCUT2D eigenvalue weighted by Gasteiger charge is -2.13. The van der Waals surface area contributed by atoms with Gasteiger partial charge in [-0.1, -0.05) is 30.3 Å². The Hall–Kier alpha value is -2.49. The lowest BCUT2D eigenvalue weighted by atomic mass is 9.94. The van der Waals surface area contributed by atoms with Gasteiger partial charge in [0.05, 0.1) is 5.92 Å². The molecule has 4 heteroatoms. The SMILES string of the molecule is CC(C(=O)O)c1cccc(-c2ccc(O)cc2)c1O. The van der Waals surface area contributed by atoms with Gasteiger partial charge in [0.2, 0.25) is 0 Å². The molecule has 0 aliphatic rings. The summed E-state index contributed by atoms with van der Waals surface area (Å²) in [5.74, 6) is -1.67. The van der Waals surface area contributed by atoms with E-state index in [-0.39, 0.29) is 11.5 Å². The highest BCUT2D eigenvalue weighted by molar-refractivity contribution is 5.80. The molecule has 1 unspecified atom stereocenters. The van der Waals surface area contributed by atoms with Crippen LogP contribution in [0.25, 0.3) is 11.1 Å². The molecule has 1 atom stereocenters. The van der Waals surface area contributed by atoms with Gasteiger partial charge in [-0.15, -0.1) is 0 Å². The van der Waals surface area contributed by atoms with E-state index in [4.69, 9.17) is 5.11 Å². The molecule has 0 aliphatic heterocycles. The number of aliphatic carboxylic acids is 1. The van der Waals surface area contributed by atoms with Gasteiger partial charge in [0, 0.05) is 11.1 Å². The standard InChI is InChI=1S/C15H14O4/c1-9(15(18)19)12-3-2-4-13(14(12)17)10-5-7-11(16)8-6-10/h2-9,16-17H,1H3,(H,18,19). The van der Waals surface area contributed by atoms with Gasteiger partial charge in [-0.3, -0.25) is 4.79 Å². The zero-order valence-corrected chi connectivity index (χ0v) is 10.4. The van der Waals surface area contributed by atoms with Crippen LogP contribution in [0.1, 0.15) is 18.4 Å². The third-order valence-corrected chi connectivity index (χ3v) is 3.08. The molecule has 19 heavy (non-hydrogen) atoms. The highest BCUT2D eigenvalue weighted by Gasteiger charge is 2.19. The van der Waals surface area contributed by atoms with Crippen LogP contribution in [0.5, 0.6) is 11.5 Å². The first-order valence-electron chi connectivity index (χ1n) is 5.85. The van der Waals surface area contributed by atoms with Crippen LogP contribution in [0.3, 0.4) is 0 Å². The maximum atomic E-state index is 11.0. The molecule has 98 valence electrons. The molecule has 2 aromatic carbocycles. The van der Waals surface area contributed by atoms with Crippen molar-refractivity contribution in [2.24, 2.45) is 0 Å². The van der Waals surface area contributed by atoms with Crippen molar-refractivity contribution in [1.82, 2.24) is 0 Å². The zero-order chi connectivity index (χ0) is 14.0. The van der Waals surface area contributed by atoms with Crippen LogP contribution in [-0.2, 0) is 4.79 Å². The Morgan fingerprint density at radius 1 is 1.05 bits per heavy atom. The average molecular weight is 258 g/mol. The molecule has 0 saturated heterocycles. The van der Waals surface area contributed by atoms with Crippen molar-refractivity contribution in [3.63, 3.8) is 0 Å². The monoisotopic (exact) mass is 258 g/mol. The summed E-state index contributed by atoms with van der Waals surface area (Å²) in [6.45, 7) is 1.53. The summed E-state index contributed by atoms with van der Waals surface area (Å²) in [6, 6.07) is 11.4. The van der Waals surface area contributed by atoms with Crippen LogP contribution in [0.15, 0.2) is 42.5 Å². The van der Waals surface area contributed by atoms with Crippen molar-refractivity contribution in [2.75, 3.05) is 0 Å². The van der Waals surface area contributed by atoms with Gasteiger partial charge in [-0.05, 0) is 24.6 Å². The molecule has 0 radical (unpaired) electrons. The molecular formula is C15H14O4. The van der Waals surface area contributed by atoms with Crippen molar-refractivity contribution in [2.45, 2.75) is 12.8 Å². The van der Waals surface area contributed by atoms with Crippen LogP contribution in [0.4, 0.5) is 0 Å². The van der Waals surface area contributed by atoms with Gasteiger partial charge in [-0.25, -0.2) is 0 Å². The molecule has 2 aromatic rings. The van der Waals surface area contributed by atoms with E-state index < -0.39 is 11.9 Å². The maximum Gasteiger partial charge on any atom is 0.310 e. The highest BCUT2D eigenvalue weighted by atomic mass is 16.4. The fourth-order valence-electron chi connectivity index (χ4n) is 1.92. The summed E-state index contributed by atoms with van der Waals surface area (Å²) >= 11 is 0. The number of benzene rings is 2. The third kappa shape index (κ3) is 2.52. The minimum Gasteiger partial charge on any atom is -0.508 e. The predicted molar refractivity (Wildman–Crippen MR) is 71.3 cm³/mol. The first kappa shape index (κ1) is 13.0. The molecule has 0 heterocycles. The first-order chi connectivity index (χ1) is 9.00. The lowest BCUT2D eigenvalue weighted by Crippen LogP contribution is -2.07.